The van der Waals surface area contributed by atoms with Crippen molar-refractivity contribution in [2.24, 2.45) is 5.41 Å². The zero-order valence-electron chi connectivity index (χ0n) is 19.5. The number of carbonyl (C=O) groups is 2. The summed E-state index contributed by atoms with van der Waals surface area (Å²) in [6, 6.07) is 13.5. The molecule has 2 heterocycles. The highest BCUT2D eigenvalue weighted by Gasteiger charge is 2.42. The molecule has 5 nitrogen and oxygen atoms in total. The first-order chi connectivity index (χ1) is 16.6. The van der Waals surface area contributed by atoms with Crippen LogP contribution in [0.5, 0.6) is 0 Å². The van der Waals surface area contributed by atoms with Crippen LogP contribution < -0.4 is 5.32 Å². The Morgan fingerprint density at radius 1 is 0.971 bits per heavy atom. The van der Waals surface area contributed by atoms with Crippen LogP contribution >= 0.6 is 0 Å². The van der Waals surface area contributed by atoms with E-state index in [0.717, 1.165) is 43.4 Å². The highest BCUT2D eigenvalue weighted by Crippen LogP contribution is 2.40. The summed E-state index contributed by atoms with van der Waals surface area (Å²) in [6.45, 7) is 4.09. The summed E-state index contributed by atoms with van der Waals surface area (Å²) in [6.07, 6.45) is 0.600. The van der Waals surface area contributed by atoms with Crippen molar-refractivity contribution in [1.29, 1.82) is 0 Å². The number of likely N-dealkylation sites (tertiary alicyclic amines) is 2. The molecule has 0 aliphatic carbocycles. The van der Waals surface area contributed by atoms with E-state index in [2.05, 4.69) is 5.32 Å². The lowest BCUT2D eigenvalue weighted by atomic mass is 9.78. The molecule has 35 heavy (non-hydrogen) atoms. The van der Waals surface area contributed by atoms with E-state index in [4.69, 9.17) is 0 Å². The Balaban J connectivity index is 0.000000287. The molecule has 1 spiro atoms. The Kier molecular flexibility index (Phi) is 8.53. The Morgan fingerprint density at radius 3 is 2.11 bits per heavy atom. The quantitative estimate of drug-likeness (QED) is 0.411. The second kappa shape index (κ2) is 11.4. The van der Waals surface area contributed by atoms with E-state index in [1.54, 1.807) is 9.80 Å². The molecule has 0 saturated carbocycles. The van der Waals surface area contributed by atoms with Gasteiger partial charge in [-0.05, 0) is 67.5 Å². The number of anilines is 1. The van der Waals surface area contributed by atoms with Gasteiger partial charge in [0.2, 0.25) is 6.41 Å². The Morgan fingerprint density at radius 2 is 1.57 bits per heavy atom. The third kappa shape index (κ3) is 7.56. The maximum atomic E-state index is 12.6. The van der Waals surface area contributed by atoms with Gasteiger partial charge in [0, 0.05) is 31.9 Å². The number of carbonyl (C=O) groups excluding carboxylic acids is 2. The van der Waals surface area contributed by atoms with Crippen LogP contribution in [0, 0.1) is 5.41 Å². The van der Waals surface area contributed by atoms with Crippen molar-refractivity contribution in [3.8, 4) is 0 Å². The van der Waals surface area contributed by atoms with Crippen molar-refractivity contribution in [3.05, 3.63) is 71.6 Å². The smallest absolute Gasteiger partial charge is 0.345 e. The van der Waals surface area contributed by atoms with E-state index in [0.29, 0.717) is 31.9 Å². The summed E-state index contributed by atoms with van der Waals surface area (Å²) >= 11 is 0. The number of nitrogens with zero attached hydrogens (tertiary/aromatic N) is 2. The highest BCUT2D eigenvalue weighted by molar-refractivity contribution is 5.89. The van der Waals surface area contributed by atoms with Gasteiger partial charge in [-0.25, -0.2) is 9.18 Å². The first-order valence-corrected chi connectivity index (χ1v) is 11.4. The largest absolute Gasteiger partial charge is 0.416 e. The van der Waals surface area contributed by atoms with E-state index in [9.17, 15) is 27.2 Å². The summed E-state index contributed by atoms with van der Waals surface area (Å²) in [5.41, 5.74) is 0.557. The number of urea groups is 1. The standard InChI is InChI=1S/C17H20F3N3O2.C9H9F/c18-17(19,20)13-1-3-14(4-2-13)21-15(25)23-10-7-16(11-23)5-8-22(12-24)9-6-16;1-8(10)7-9-5-3-2-4-6-9/h1-4,12H,5-11H2,(H,21,25);2-7H,1H3/b;8-7-. The Hall–Kier alpha value is -3.36. The van der Waals surface area contributed by atoms with Crippen LogP contribution in [-0.4, -0.2) is 48.4 Å². The predicted molar refractivity (Wildman–Crippen MR) is 127 cm³/mol. The number of hydrogen-bond donors (Lipinski definition) is 1. The lowest BCUT2D eigenvalue weighted by molar-refractivity contribution is -0.137. The number of alkyl halides is 3. The molecule has 0 bridgehead atoms. The van der Waals surface area contributed by atoms with Gasteiger partial charge in [0.1, 0.15) is 0 Å². The van der Waals surface area contributed by atoms with E-state index in [1.165, 1.54) is 25.1 Å². The average molecular weight is 492 g/mol. The van der Waals surface area contributed by atoms with E-state index in [1.807, 2.05) is 30.3 Å². The van der Waals surface area contributed by atoms with Crippen LogP contribution in [0.25, 0.3) is 6.08 Å². The fraction of sp³-hybridized carbons (Fsp3) is 0.385. The number of allylic oxidation sites excluding steroid dienone is 1. The molecule has 9 heteroatoms. The van der Waals surface area contributed by atoms with Gasteiger partial charge < -0.3 is 15.1 Å². The van der Waals surface area contributed by atoms with E-state index >= 15 is 0 Å². The lowest BCUT2D eigenvalue weighted by Crippen LogP contribution is -2.42. The van der Waals surface area contributed by atoms with Gasteiger partial charge in [-0.2, -0.15) is 13.2 Å². The molecule has 2 saturated heterocycles. The van der Waals surface area contributed by atoms with Crippen LogP contribution in [0.2, 0.25) is 0 Å². The zero-order chi connectivity index (χ0) is 25.5. The van der Waals surface area contributed by atoms with Crippen molar-refractivity contribution in [3.63, 3.8) is 0 Å². The molecule has 2 aliphatic heterocycles. The first-order valence-electron chi connectivity index (χ1n) is 11.4. The van der Waals surface area contributed by atoms with Gasteiger partial charge in [-0.1, -0.05) is 30.3 Å². The minimum Gasteiger partial charge on any atom is -0.345 e. The average Bonchev–Trinajstić information content (AvgIpc) is 3.24. The molecule has 4 rings (SSSR count). The number of halogens is 4. The molecule has 0 unspecified atom stereocenters. The van der Waals surface area contributed by atoms with Gasteiger partial charge in [-0.15, -0.1) is 0 Å². The summed E-state index contributed by atoms with van der Waals surface area (Å²) in [7, 11) is 0. The molecule has 0 atom stereocenters. The molecular formula is C26H29F4N3O2. The van der Waals surface area contributed by atoms with Crippen LogP contribution in [0.4, 0.5) is 28.0 Å². The predicted octanol–water partition coefficient (Wildman–Crippen LogP) is 6.20. The molecule has 2 aliphatic rings. The van der Waals surface area contributed by atoms with Crippen LogP contribution in [0.3, 0.4) is 0 Å². The molecular weight excluding hydrogens is 462 g/mol. The number of piperidine rings is 1. The third-order valence-electron chi connectivity index (χ3n) is 6.36. The molecule has 3 amide bonds. The molecule has 0 radical (unpaired) electrons. The van der Waals surface area contributed by atoms with E-state index in [-0.39, 0.29) is 17.3 Å². The Labute approximate surface area is 202 Å². The minimum absolute atomic E-state index is 0.0526. The van der Waals surface area contributed by atoms with E-state index < -0.39 is 11.7 Å². The van der Waals surface area contributed by atoms with Crippen molar-refractivity contribution in [2.75, 3.05) is 31.5 Å². The third-order valence-corrected chi connectivity index (χ3v) is 6.36. The normalized spacial score (nSPS) is 17.6. The minimum atomic E-state index is -4.39. The van der Waals surface area contributed by atoms with Crippen molar-refractivity contribution < 1.29 is 27.2 Å². The number of rotatable bonds is 3. The topological polar surface area (TPSA) is 52.7 Å². The molecule has 2 fully saturated rings. The molecule has 2 aromatic carbocycles. The van der Waals surface area contributed by atoms with Crippen molar-refractivity contribution in [1.82, 2.24) is 9.80 Å². The highest BCUT2D eigenvalue weighted by atomic mass is 19.4. The fourth-order valence-electron chi connectivity index (χ4n) is 4.34. The number of amides is 3. The van der Waals surface area contributed by atoms with Gasteiger partial charge in [0.05, 0.1) is 11.4 Å². The van der Waals surface area contributed by atoms with Gasteiger partial charge >= 0.3 is 12.2 Å². The summed E-state index contributed by atoms with van der Waals surface area (Å²) in [5, 5.41) is 2.66. The zero-order valence-corrected chi connectivity index (χ0v) is 19.5. The number of hydrogen-bond acceptors (Lipinski definition) is 2. The van der Waals surface area contributed by atoms with Crippen LogP contribution in [-0.2, 0) is 11.0 Å². The number of benzene rings is 2. The molecule has 2 aromatic rings. The van der Waals surface area contributed by atoms with Crippen molar-refractivity contribution in [2.45, 2.75) is 32.4 Å². The second-order valence-corrected chi connectivity index (χ2v) is 8.96. The SMILES string of the molecule is C/C(F)=C/c1ccccc1.O=CN1CCC2(CC1)CCN(C(=O)Nc1ccc(C(F)(F)F)cc1)C2. The number of nitrogens with one attached hydrogen (secondary N) is 1. The molecule has 188 valence electrons. The van der Waals surface area contributed by atoms with Crippen LogP contribution in [0.15, 0.2) is 60.4 Å². The van der Waals surface area contributed by atoms with Gasteiger partial charge in [-0.3, -0.25) is 4.79 Å². The molecule has 0 aromatic heterocycles. The summed E-state index contributed by atoms with van der Waals surface area (Å²) in [4.78, 5) is 26.6. The summed E-state index contributed by atoms with van der Waals surface area (Å²) in [5.74, 6) is -0.161. The fourth-order valence-corrected chi connectivity index (χ4v) is 4.34. The van der Waals surface area contributed by atoms with Gasteiger partial charge in [0.25, 0.3) is 0 Å². The maximum absolute atomic E-state index is 12.6. The monoisotopic (exact) mass is 491 g/mol. The second-order valence-electron chi connectivity index (χ2n) is 8.96. The summed E-state index contributed by atoms with van der Waals surface area (Å²) < 4.78 is 49.9. The van der Waals surface area contributed by atoms with Gasteiger partial charge in [0.15, 0.2) is 0 Å². The van der Waals surface area contributed by atoms with Crippen LogP contribution in [0.1, 0.15) is 37.3 Å². The maximum Gasteiger partial charge on any atom is 0.416 e. The first kappa shape index (κ1) is 26.2. The lowest BCUT2D eigenvalue weighted by Gasteiger charge is -2.37. The Bertz CT molecular complexity index is 1010. The van der Waals surface area contributed by atoms with Crippen molar-refractivity contribution >= 4 is 24.2 Å². The molecule has 1 N–H and O–H groups in total.